The Kier molecular flexibility index (Phi) is 6.12. The van der Waals surface area contributed by atoms with Crippen LogP contribution >= 0.6 is 23.2 Å². The maximum Gasteiger partial charge on any atom is 0.263 e. The molecule has 1 amide bonds. The number of rotatable bonds is 7. The van der Waals surface area contributed by atoms with Gasteiger partial charge in [-0.05, 0) is 36.6 Å². The molecule has 12 heteroatoms. The van der Waals surface area contributed by atoms with Crippen LogP contribution in [0.15, 0.2) is 41.2 Å². The Balaban J connectivity index is 1.64. The summed E-state index contributed by atoms with van der Waals surface area (Å²) in [6.07, 6.45) is 0.777. The van der Waals surface area contributed by atoms with Crippen LogP contribution in [0.2, 0.25) is 10.2 Å². The van der Waals surface area contributed by atoms with E-state index in [1.165, 1.54) is 23.7 Å². The Morgan fingerprint density at radius 3 is 2.52 bits per heavy atom. The summed E-state index contributed by atoms with van der Waals surface area (Å²) in [5.74, 6) is -0.407. The third kappa shape index (κ3) is 4.70. The number of carbonyl (C=O) groups is 1. The predicted molar refractivity (Wildman–Crippen MR) is 125 cm³/mol. The summed E-state index contributed by atoms with van der Waals surface area (Å²) in [7, 11) is -2.33. The van der Waals surface area contributed by atoms with E-state index in [0.717, 1.165) is 5.56 Å². The number of aryl methyl sites for hydroxylation is 1. The van der Waals surface area contributed by atoms with Crippen molar-refractivity contribution in [2.24, 2.45) is 12.2 Å². The Labute approximate surface area is 199 Å². The van der Waals surface area contributed by atoms with E-state index in [4.69, 9.17) is 33.1 Å². The van der Waals surface area contributed by atoms with Gasteiger partial charge < -0.3 is 14.6 Å². The molecule has 174 valence electrons. The van der Waals surface area contributed by atoms with Crippen molar-refractivity contribution in [2.75, 3.05) is 6.61 Å². The molecular formula is C21H20Cl2N4O5S. The zero-order valence-corrected chi connectivity index (χ0v) is 19.8. The number of halogens is 2. The Hall–Kier alpha value is -2.66. The molecule has 1 aliphatic rings. The van der Waals surface area contributed by atoms with E-state index >= 15 is 0 Å². The van der Waals surface area contributed by atoms with Gasteiger partial charge >= 0.3 is 0 Å². The highest BCUT2D eigenvalue weighted by Crippen LogP contribution is 2.43. The van der Waals surface area contributed by atoms with Gasteiger partial charge in [-0.2, -0.15) is 0 Å². The van der Waals surface area contributed by atoms with Gasteiger partial charge in [0, 0.05) is 24.7 Å². The highest BCUT2D eigenvalue weighted by molar-refractivity contribution is 7.90. The van der Waals surface area contributed by atoms with Crippen molar-refractivity contribution in [3.05, 3.63) is 68.1 Å². The zero-order valence-electron chi connectivity index (χ0n) is 17.5. The zero-order chi connectivity index (χ0) is 24.0. The van der Waals surface area contributed by atoms with Crippen LogP contribution in [0.3, 0.4) is 0 Å². The van der Waals surface area contributed by atoms with Gasteiger partial charge in [0.25, 0.3) is 11.5 Å². The van der Waals surface area contributed by atoms with E-state index in [1.807, 2.05) is 0 Å². The number of amides is 1. The number of nitrogens with zero attached hydrogens (tertiary/aromatic N) is 2. The van der Waals surface area contributed by atoms with Gasteiger partial charge in [-0.25, -0.2) is 18.5 Å². The van der Waals surface area contributed by atoms with E-state index in [0.29, 0.717) is 17.9 Å². The lowest BCUT2D eigenvalue weighted by atomic mass is 10.2. The van der Waals surface area contributed by atoms with E-state index < -0.39 is 26.2 Å². The summed E-state index contributed by atoms with van der Waals surface area (Å²) in [5, 5.41) is 8.65. The first-order valence-corrected chi connectivity index (χ1v) is 12.2. The van der Waals surface area contributed by atoms with E-state index in [-0.39, 0.29) is 40.7 Å². The normalized spacial score (nSPS) is 14.8. The van der Waals surface area contributed by atoms with Gasteiger partial charge in [0.15, 0.2) is 0 Å². The van der Waals surface area contributed by atoms with Crippen molar-refractivity contribution < 1.29 is 17.9 Å². The fraction of sp³-hybridized carbons (Fsp3) is 0.286. The molecule has 1 aromatic carbocycles. The second kappa shape index (κ2) is 8.60. The van der Waals surface area contributed by atoms with E-state index in [9.17, 15) is 18.0 Å². The third-order valence-corrected chi connectivity index (χ3v) is 7.80. The molecule has 9 nitrogen and oxygen atoms in total. The van der Waals surface area contributed by atoms with Crippen molar-refractivity contribution in [2.45, 2.75) is 24.1 Å². The van der Waals surface area contributed by atoms with Gasteiger partial charge in [-0.3, -0.25) is 9.59 Å². The largest absolute Gasteiger partial charge is 0.489 e. The number of nitrogens with two attached hydrogens (primary N) is 1. The number of primary sulfonamides is 1. The number of ether oxygens (including phenoxy) is 1. The van der Waals surface area contributed by atoms with Crippen molar-refractivity contribution in [3.63, 3.8) is 0 Å². The molecule has 33 heavy (non-hydrogen) atoms. The van der Waals surface area contributed by atoms with Crippen LogP contribution in [-0.4, -0.2) is 35.2 Å². The van der Waals surface area contributed by atoms with Crippen LogP contribution < -0.4 is 20.8 Å². The second-order valence-electron chi connectivity index (χ2n) is 7.92. The number of pyridine rings is 2. The second-order valence-corrected chi connectivity index (χ2v) is 10.7. The summed E-state index contributed by atoms with van der Waals surface area (Å²) >= 11 is 12.0. The van der Waals surface area contributed by atoms with Crippen LogP contribution in [0.25, 0.3) is 11.0 Å². The molecule has 1 fully saturated rings. The highest BCUT2D eigenvalue weighted by Gasteiger charge is 2.54. The first-order chi connectivity index (χ1) is 15.5. The van der Waals surface area contributed by atoms with Gasteiger partial charge in [0.05, 0.1) is 5.52 Å². The van der Waals surface area contributed by atoms with Crippen LogP contribution in [0.4, 0.5) is 0 Å². The molecule has 0 radical (unpaired) electrons. The lowest BCUT2D eigenvalue weighted by Gasteiger charge is -2.17. The molecule has 0 spiro atoms. The quantitative estimate of drug-likeness (QED) is 0.468. The molecule has 2 heterocycles. The number of hydrogen-bond donors (Lipinski definition) is 2. The Morgan fingerprint density at radius 1 is 1.24 bits per heavy atom. The minimum Gasteiger partial charge on any atom is -0.489 e. The first kappa shape index (κ1) is 23.5. The Morgan fingerprint density at radius 2 is 1.91 bits per heavy atom. The minimum absolute atomic E-state index is 0.0594. The molecule has 1 saturated carbocycles. The predicted octanol–water partition coefficient (Wildman–Crippen LogP) is 2.37. The number of fused-ring (bicyclic) bond motifs is 1. The van der Waals surface area contributed by atoms with Crippen LogP contribution in [0.1, 0.15) is 28.8 Å². The minimum atomic E-state index is -3.80. The maximum atomic E-state index is 12.9. The summed E-state index contributed by atoms with van der Waals surface area (Å²) in [6.45, 7) is 0.0168. The average molecular weight is 511 g/mol. The van der Waals surface area contributed by atoms with Crippen LogP contribution in [0, 0.1) is 0 Å². The SMILES string of the molecule is Cn1c(=O)c(C(=O)NCc2ccc(Cl)cc2)cc2nc(Cl)cc(OCC3(S(N)(=O)=O)CC3)c21. The van der Waals surface area contributed by atoms with Crippen molar-refractivity contribution in [1.82, 2.24) is 14.9 Å². The van der Waals surface area contributed by atoms with E-state index in [2.05, 4.69) is 10.3 Å². The third-order valence-electron chi connectivity index (χ3n) is 5.62. The number of nitrogens with one attached hydrogen (secondary N) is 1. The van der Waals surface area contributed by atoms with Crippen LogP contribution in [-0.2, 0) is 23.6 Å². The first-order valence-electron chi connectivity index (χ1n) is 9.89. The molecule has 0 aliphatic heterocycles. The summed E-state index contributed by atoms with van der Waals surface area (Å²) in [5.41, 5.74) is 0.646. The number of hydrogen-bond acceptors (Lipinski definition) is 6. The number of carbonyl (C=O) groups excluding carboxylic acids is 1. The number of sulfonamides is 1. The Bertz CT molecular complexity index is 1420. The molecule has 0 atom stereocenters. The summed E-state index contributed by atoms with van der Waals surface area (Å²) in [4.78, 5) is 29.9. The molecule has 2 aromatic heterocycles. The molecule has 3 aromatic rings. The smallest absolute Gasteiger partial charge is 0.263 e. The van der Waals surface area contributed by atoms with Crippen LogP contribution in [0.5, 0.6) is 5.75 Å². The molecule has 4 rings (SSSR count). The fourth-order valence-corrected chi connectivity index (χ4v) is 4.64. The number of benzene rings is 1. The van der Waals surface area contributed by atoms with Crippen molar-refractivity contribution in [1.29, 1.82) is 0 Å². The number of aromatic nitrogens is 2. The summed E-state index contributed by atoms with van der Waals surface area (Å²) < 4.78 is 29.5. The molecular weight excluding hydrogens is 491 g/mol. The molecule has 1 aliphatic carbocycles. The lowest BCUT2D eigenvalue weighted by molar-refractivity contribution is 0.0949. The van der Waals surface area contributed by atoms with Crippen molar-refractivity contribution in [3.8, 4) is 5.75 Å². The van der Waals surface area contributed by atoms with Crippen molar-refractivity contribution >= 4 is 50.2 Å². The van der Waals surface area contributed by atoms with Gasteiger partial charge in [0.2, 0.25) is 10.0 Å². The van der Waals surface area contributed by atoms with Gasteiger partial charge in [0.1, 0.15) is 33.3 Å². The fourth-order valence-electron chi connectivity index (χ4n) is 3.43. The molecule has 0 saturated heterocycles. The topological polar surface area (TPSA) is 133 Å². The highest BCUT2D eigenvalue weighted by atomic mass is 35.5. The summed E-state index contributed by atoms with van der Waals surface area (Å²) in [6, 6.07) is 9.66. The molecule has 0 unspecified atom stereocenters. The van der Waals surface area contributed by atoms with Gasteiger partial charge in [-0.15, -0.1) is 0 Å². The van der Waals surface area contributed by atoms with Gasteiger partial charge in [-0.1, -0.05) is 35.3 Å². The molecule has 0 bridgehead atoms. The average Bonchev–Trinajstić information content (AvgIpc) is 3.55. The lowest BCUT2D eigenvalue weighted by Crippen LogP contribution is -2.36. The van der Waals surface area contributed by atoms with E-state index in [1.54, 1.807) is 24.3 Å². The monoisotopic (exact) mass is 510 g/mol. The molecule has 3 N–H and O–H groups in total. The maximum absolute atomic E-state index is 12.9. The standard InChI is InChI=1S/C21H20Cl2N4O5S/c1-27-18-15(26-17(23)9-16(18)32-11-21(6-7-21)33(24,30)31)8-14(20(27)29)19(28)25-10-12-2-4-13(22)5-3-12/h2-5,8-9H,6-7,10-11H2,1H3,(H,25,28)(H2,24,30,31).